The molecule has 0 saturated carbocycles. The van der Waals surface area contributed by atoms with Crippen LogP contribution in [0.4, 0.5) is 5.69 Å². The lowest BCUT2D eigenvalue weighted by atomic mass is 10.3. The molecule has 2 N–H and O–H groups in total. The van der Waals surface area contributed by atoms with Crippen molar-refractivity contribution in [1.82, 2.24) is 14.5 Å². The maximum absolute atomic E-state index is 11.5. The Balaban J connectivity index is 1.72. The minimum Gasteiger partial charge on any atom is -0.379 e. The van der Waals surface area contributed by atoms with Crippen molar-refractivity contribution in [1.29, 1.82) is 0 Å². The largest absolute Gasteiger partial charge is 0.379 e. The van der Waals surface area contributed by atoms with Crippen LogP contribution in [0.5, 0.6) is 0 Å². The molecule has 5 nitrogen and oxygen atoms in total. The van der Waals surface area contributed by atoms with Crippen LogP contribution in [0.2, 0.25) is 0 Å². The van der Waals surface area contributed by atoms with Gasteiger partial charge < -0.3 is 10.3 Å². The minimum absolute atomic E-state index is 0.136. The van der Waals surface area contributed by atoms with Crippen molar-refractivity contribution in [2.75, 3.05) is 5.32 Å². The summed E-state index contributed by atoms with van der Waals surface area (Å²) >= 11 is 1.62. The van der Waals surface area contributed by atoms with Crippen LogP contribution in [-0.4, -0.2) is 14.5 Å². The monoisotopic (exact) mass is 272 g/mol. The molecule has 96 valence electrons. The Morgan fingerprint density at radius 1 is 1.32 bits per heavy atom. The van der Waals surface area contributed by atoms with Crippen LogP contribution >= 0.6 is 11.3 Å². The van der Waals surface area contributed by atoms with E-state index in [2.05, 4.69) is 15.3 Å². The van der Waals surface area contributed by atoms with Crippen LogP contribution in [0.15, 0.2) is 53.0 Å². The summed E-state index contributed by atoms with van der Waals surface area (Å²) in [6.45, 7) is 0.709. The highest BCUT2D eigenvalue weighted by atomic mass is 32.1. The lowest BCUT2D eigenvalue weighted by Gasteiger charge is -2.06. The third-order valence-electron chi connectivity index (χ3n) is 2.72. The van der Waals surface area contributed by atoms with Crippen molar-refractivity contribution in [3.63, 3.8) is 0 Å². The molecule has 0 radical (unpaired) electrons. The van der Waals surface area contributed by atoms with E-state index >= 15 is 0 Å². The Morgan fingerprint density at radius 3 is 2.79 bits per heavy atom. The third-order valence-corrected chi connectivity index (χ3v) is 3.50. The molecule has 0 spiro atoms. The van der Waals surface area contributed by atoms with Crippen molar-refractivity contribution in [2.45, 2.75) is 6.54 Å². The lowest BCUT2D eigenvalue weighted by Crippen LogP contribution is -2.13. The van der Waals surface area contributed by atoms with Gasteiger partial charge in [0.15, 0.2) is 0 Å². The van der Waals surface area contributed by atoms with E-state index in [1.54, 1.807) is 34.5 Å². The predicted octanol–water partition coefficient (Wildman–Crippen LogP) is 2.23. The van der Waals surface area contributed by atoms with Gasteiger partial charge in [0.05, 0.1) is 12.2 Å². The van der Waals surface area contributed by atoms with Crippen LogP contribution in [-0.2, 0) is 6.54 Å². The lowest BCUT2D eigenvalue weighted by molar-refractivity contribution is 0.987. The van der Waals surface area contributed by atoms with Crippen LogP contribution in [0.3, 0.4) is 0 Å². The number of H-pyrrole nitrogens is 1. The Hall–Kier alpha value is -2.34. The molecule has 0 fully saturated rings. The Kier molecular flexibility index (Phi) is 3.16. The number of rotatable bonds is 4. The second-order valence-electron chi connectivity index (χ2n) is 3.96. The van der Waals surface area contributed by atoms with Gasteiger partial charge in [0.2, 0.25) is 0 Å². The first-order valence-electron chi connectivity index (χ1n) is 5.81. The molecule has 2 heterocycles. The molecule has 19 heavy (non-hydrogen) atoms. The molecular formula is C13H12N4OS. The van der Waals surface area contributed by atoms with Crippen molar-refractivity contribution >= 4 is 17.0 Å². The number of anilines is 1. The Labute approximate surface area is 113 Å². The number of nitrogens with zero attached hydrogens (tertiary/aromatic N) is 2. The first-order chi connectivity index (χ1) is 9.33. The van der Waals surface area contributed by atoms with Gasteiger partial charge in [-0.2, -0.15) is 0 Å². The van der Waals surface area contributed by atoms with Gasteiger partial charge in [-0.05, 0) is 24.3 Å². The summed E-state index contributed by atoms with van der Waals surface area (Å²) in [5.74, 6) is 0. The van der Waals surface area contributed by atoms with E-state index in [0.29, 0.717) is 6.54 Å². The van der Waals surface area contributed by atoms with Crippen LogP contribution in [0.1, 0.15) is 5.01 Å². The van der Waals surface area contributed by atoms with Gasteiger partial charge in [-0.15, -0.1) is 11.3 Å². The minimum atomic E-state index is -0.136. The van der Waals surface area contributed by atoms with E-state index in [0.717, 1.165) is 16.4 Å². The molecule has 0 saturated heterocycles. The average Bonchev–Trinajstić information content (AvgIpc) is 3.08. The molecule has 0 aliphatic rings. The van der Waals surface area contributed by atoms with Gasteiger partial charge in [0.1, 0.15) is 5.01 Å². The van der Waals surface area contributed by atoms with Crippen LogP contribution in [0.25, 0.3) is 5.69 Å². The van der Waals surface area contributed by atoms with Crippen LogP contribution < -0.4 is 11.0 Å². The fraction of sp³-hybridized carbons (Fsp3) is 0.0769. The molecular weight excluding hydrogens is 260 g/mol. The van der Waals surface area contributed by atoms with E-state index in [1.165, 1.54) is 0 Å². The Bertz CT molecular complexity index is 697. The van der Waals surface area contributed by atoms with Crippen molar-refractivity contribution in [3.8, 4) is 5.69 Å². The summed E-state index contributed by atoms with van der Waals surface area (Å²) in [4.78, 5) is 18.3. The average molecular weight is 272 g/mol. The number of hydrogen-bond donors (Lipinski definition) is 2. The summed E-state index contributed by atoms with van der Waals surface area (Å²) in [5, 5.41) is 6.29. The quantitative estimate of drug-likeness (QED) is 0.765. The maximum Gasteiger partial charge on any atom is 0.330 e. The van der Waals surface area contributed by atoms with E-state index in [9.17, 15) is 4.79 Å². The number of thiazole rings is 1. The number of aromatic amines is 1. The van der Waals surface area contributed by atoms with Gasteiger partial charge in [-0.1, -0.05) is 0 Å². The highest BCUT2D eigenvalue weighted by molar-refractivity contribution is 7.09. The second kappa shape index (κ2) is 5.11. The molecule has 0 unspecified atom stereocenters. The van der Waals surface area contributed by atoms with Gasteiger partial charge in [0.25, 0.3) is 0 Å². The first kappa shape index (κ1) is 11.7. The fourth-order valence-electron chi connectivity index (χ4n) is 1.78. The molecule has 0 aliphatic carbocycles. The molecule has 0 amide bonds. The van der Waals surface area contributed by atoms with Crippen molar-refractivity contribution < 1.29 is 0 Å². The highest BCUT2D eigenvalue weighted by Crippen LogP contribution is 2.13. The van der Waals surface area contributed by atoms with E-state index in [-0.39, 0.29) is 5.69 Å². The van der Waals surface area contributed by atoms with Gasteiger partial charge in [0, 0.05) is 29.7 Å². The number of imidazole rings is 1. The van der Waals surface area contributed by atoms with Crippen molar-refractivity contribution in [3.05, 3.63) is 63.7 Å². The molecule has 0 atom stereocenters. The first-order valence-corrected chi connectivity index (χ1v) is 6.69. The standard InChI is InChI=1S/C13H12N4OS/c18-13-15-5-7-17(13)11-3-1-10(2-4-11)16-9-12-14-6-8-19-12/h1-8,16H,9H2,(H,15,18). The number of nitrogens with one attached hydrogen (secondary N) is 2. The smallest absolute Gasteiger partial charge is 0.330 e. The molecule has 0 aliphatic heterocycles. The zero-order valence-corrected chi connectivity index (χ0v) is 10.9. The van der Waals surface area contributed by atoms with Crippen LogP contribution in [0, 0.1) is 0 Å². The highest BCUT2D eigenvalue weighted by Gasteiger charge is 2.00. The van der Waals surface area contributed by atoms with Gasteiger partial charge >= 0.3 is 5.69 Å². The summed E-state index contributed by atoms with van der Waals surface area (Å²) in [5.41, 5.74) is 1.71. The summed E-state index contributed by atoms with van der Waals surface area (Å²) < 4.78 is 1.56. The second-order valence-corrected chi connectivity index (χ2v) is 4.94. The zero-order chi connectivity index (χ0) is 13.1. The third kappa shape index (κ3) is 2.58. The molecule has 0 bridgehead atoms. The fourth-order valence-corrected chi connectivity index (χ4v) is 2.34. The van der Waals surface area contributed by atoms with Gasteiger partial charge in [-0.3, -0.25) is 4.57 Å². The topological polar surface area (TPSA) is 62.7 Å². The van der Waals surface area contributed by atoms with E-state index < -0.39 is 0 Å². The molecule has 6 heteroatoms. The molecule has 3 rings (SSSR count). The SMILES string of the molecule is O=c1[nH]ccn1-c1ccc(NCc2nccs2)cc1. The normalized spacial score (nSPS) is 10.5. The predicted molar refractivity (Wildman–Crippen MR) is 75.8 cm³/mol. The maximum atomic E-state index is 11.5. The molecule has 2 aromatic heterocycles. The Morgan fingerprint density at radius 2 is 2.16 bits per heavy atom. The molecule has 1 aromatic carbocycles. The summed E-state index contributed by atoms with van der Waals surface area (Å²) in [7, 11) is 0. The van der Waals surface area contributed by atoms with E-state index in [1.807, 2.05) is 29.6 Å². The summed E-state index contributed by atoms with van der Waals surface area (Å²) in [6.07, 6.45) is 5.13. The van der Waals surface area contributed by atoms with Gasteiger partial charge in [-0.25, -0.2) is 9.78 Å². The van der Waals surface area contributed by atoms with Crippen molar-refractivity contribution in [2.24, 2.45) is 0 Å². The number of benzene rings is 1. The number of aromatic nitrogens is 3. The summed E-state index contributed by atoms with van der Waals surface area (Å²) in [6, 6.07) is 7.70. The molecule has 3 aromatic rings. The zero-order valence-electron chi connectivity index (χ0n) is 10.0. The number of hydrogen-bond acceptors (Lipinski definition) is 4. The van der Waals surface area contributed by atoms with E-state index in [4.69, 9.17) is 0 Å².